The predicted molar refractivity (Wildman–Crippen MR) is 54.3 cm³/mol. The van der Waals surface area contributed by atoms with E-state index in [4.69, 9.17) is 5.73 Å². The van der Waals surface area contributed by atoms with Crippen molar-refractivity contribution in [1.29, 1.82) is 0 Å². The van der Waals surface area contributed by atoms with Crippen LogP contribution in [0.1, 0.15) is 10.4 Å². The largest absolute Gasteiger partial charge is 0.384 e. The van der Waals surface area contributed by atoms with Crippen LogP contribution in [-0.4, -0.2) is 31.0 Å². The Kier molecular flexibility index (Phi) is 1.99. The summed E-state index contributed by atoms with van der Waals surface area (Å²) in [5, 5.41) is 2.79. The number of fused-ring (bicyclic) bond motifs is 1. The fourth-order valence-electron chi connectivity index (χ4n) is 1.47. The number of nitrogens with one attached hydrogen (secondary N) is 1. The highest BCUT2D eigenvalue weighted by Gasteiger charge is 2.19. The molecule has 1 aromatic heterocycles. The predicted octanol–water partition coefficient (Wildman–Crippen LogP) is -0.157. The molecule has 2 rings (SSSR count). The summed E-state index contributed by atoms with van der Waals surface area (Å²) in [5.74, 6) is 1.00. The third kappa shape index (κ3) is 1.37. The molecule has 5 nitrogen and oxygen atoms in total. The molecule has 0 fully saturated rings. The number of anilines is 2. The normalized spacial score (nSPS) is 15.8. The first-order valence-electron chi connectivity index (χ1n) is 4.44. The Morgan fingerprint density at radius 1 is 1.57 bits per heavy atom. The van der Waals surface area contributed by atoms with E-state index in [0.717, 1.165) is 6.54 Å². The molecule has 0 spiro atoms. The quantitative estimate of drug-likeness (QED) is 0.599. The van der Waals surface area contributed by atoms with E-state index in [2.05, 4.69) is 10.3 Å². The van der Waals surface area contributed by atoms with E-state index >= 15 is 0 Å². The third-order valence-corrected chi connectivity index (χ3v) is 2.24. The lowest BCUT2D eigenvalue weighted by atomic mass is 10.2. The summed E-state index contributed by atoms with van der Waals surface area (Å²) in [6, 6.07) is 3.34. The van der Waals surface area contributed by atoms with Crippen LogP contribution < -0.4 is 16.0 Å². The van der Waals surface area contributed by atoms with Crippen molar-refractivity contribution in [2.24, 2.45) is 0 Å². The molecule has 0 unspecified atom stereocenters. The zero-order valence-electron chi connectivity index (χ0n) is 7.95. The van der Waals surface area contributed by atoms with E-state index in [1.165, 1.54) is 0 Å². The van der Waals surface area contributed by atoms with Gasteiger partial charge in [0.2, 0.25) is 0 Å². The van der Waals surface area contributed by atoms with Gasteiger partial charge in [0.15, 0.2) is 0 Å². The first-order valence-corrected chi connectivity index (χ1v) is 4.44. The molecule has 0 aliphatic carbocycles. The Morgan fingerprint density at radius 2 is 2.36 bits per heavy atom. The summed E-state index contributed by atoms with van der Waals surface area (Å²) in [5.41, 5.74) is 6.15. The summed E-state index contributed by atoms with van der Waals surface area (Å²) in [6.45, 7) is 1.38. The summed E-state index contributed by atoms with van der Waals surface area (Å²) in [7, 11) is 1.89. The van der Waals surface area contributed by atoms with Crippen molar-refractivity contribution in [3.63, 3.8) is 0 Å². The van der Waals surface area contributed by atoms with Gasteiger partial charge in [-0.1, -0.05) is 0 Å². The van der Waals surface area contributed by atoms with Crippen molar-refractivity contribution in [3.8, 4) is 0 Å². The van der Waals surface area contributed by atoms with Crippen LogP contribution in [0.2, 0.25) is 0 Å². The SMILES string of the molecule is CN1CCNC(=O)c2ccc(N)nc21. The number of hydrogen-bond donors (Lipinski definition) is 2. The summed E-state index contributed by atoms with van der Waals surface area (Å²) < 4.78 is 0. The highest BCUT2D eigenvalue weighted by molar-refractivity contribution is 5.99. The molecule has 0 atom stereocenters. The maximum atomic E-state index is 11.5. The molecule has 0 bridgehead atoms. The lowest BCUT2D eigenvalue weighted by molar-refractivity contribution is 0.0958. The first-order chi connectivity index (χ1) is 6.68. The number of aromatic nitrogens is 1. The van der Waals surface area contributed by atoms with Crippen molar-refractivity contribution in [3.05, 3.63) is 17.7 Å². The minimum absolute atomic E-state index is 0.0862. The van der Waals surface area contributed by atoms with Gasteiger partial charge in [0.25, 0.3) is 5.91 Å². The van der Waals surface area contributed by atoms with E-state index in [9.17, 15) is 4.79 Å². The second-order valence-corrected chi connectivity index (χ2v) is 3.28. The average molecular weight is 192 g/mol. The second kappa shape index (κ2) is 3.17. The van der Waals surface area contributed by atoms with E-state index in [0.29, 0.717) is 23.7 Å². The Balaban J connectivity index is 2.54. The van der Waals surface area contributed by atoms with Gasteiger partial charge in [0.05, 0.1) is 5.56 Å². The van der Waals surface area contributed by atoms with E-state index < -0.39 is 0 Å². The van der Waals surface area contributed by atoms with Crippen LogP contribution in [-0.2, 0) is 0 Å². The number of nitrogens with two attached hydrogens (primary N) is 1. The molecular weight excluding hydrogens is 180 g/mol. The van der Waals surface area contributed by atoms with Crippen molar-refractivity contribution < 1.29 is 4.79 Å². The van der Waals surface area contributed by atoms with Gasteiger partial charge in [-0.2, -0.15) is 0 Å². The van der Waals surface area contributed by atoms with Gasteiger partial charge in [-0.05, 0) is 12.1 Å². The number of pyridine rings is 1. The monoisotopic (exact) mass is 192 g/mol. The highest BCUT2D eigenvalue weighted by Crippen LogP contribution is 2.19. The number of amides is 1. The number of likely N-dealkylation sites (N-methyl/N-ethyl adjacent to an activating group) is 1. The second-order valence-electron chi connectivity index (χ2n) is 3.28. The van der Waals surface area contributed by atoms with Gasteiger partial charge in [-0.15, -0.1) is 0 Å². The molecule has 3 N–H and O–H groups in total. The van der Waals surface area contributed by atoms with Gasteiger partial charge >= 0.3 is 0 Å². The number of rotatable bonds is 0. The Hall–Kier alpha value is -1.78. The number of carbonyl (C=O) groups excluding carboxylic acids is 1. The minimum Gasteiger partial charge on any atom is -0.384 e. The molecule has 74 valence electrons. The van der Waals surface area contributed by atoms with Crippen molar-refractivity contribution in [2.75, 3.05) is 30.8 Å². The molecule has 1 amide bonds. The van der Waals surface area contributed by atoms with Gasteiger partial charge in [-0.3, -0.25) is 4.79 Å². The Labute approximate surface area is 81.9 Å². The lowest BCUT2D eigenvalue weighted by Gasteiger charge is -2.16. The van der Waals surface area contributed by atoms with Crippen molar-refractivity contribution in [1.82, 2.24) is 10.3 Å². The molecule has 2 heterocycles. The lowest BCUT2D eigenvalue weighted by Crippen LogP contribution is -2.27. The average Bonchev–Trinajstić information content (AvgIpc) is 2.28. The summed E-state index contributed by atoms with van der Waals surface area (Å²) in [6.07, 6.45) is 0. The van der Waals surface area contributed by atoms with Crippen LogP contribution in [0.25, 0.3) is 0 Å². The smallest absolute Gasteiger partial charge is 0.255 e. The molecular formula is C9H12N4O. The van der Waals surface area contributed by atoms with Crippen LogP contribution in [0.5, 0.6) is 0 Å². The zero-order valence-corrected chi connectivity index (χ0v) is 7.95. The molecule has 0 saturated carbocycles. The fourth-order valence-corrected chi connectivity index (χ4v) is 1.47. The Bertz CT molecular complexity index is 377. The molecule has 1 aliphatic rings. The van der Waals surface area contributed by atoms with E-state index in [1.807, 2.05) is 11.9 Å². The van der Waals surface area contributed by atoms with E-state index in [1.54, 1.807) is 12.1 Å². The summed E-state index contributed by atoms with van der Waals surface area (Å²) >= 11 is 0. The molecule has 1 aliphatic heterocycles. The number of carbonyl (C=O) groups is 1. The number of nitrogens with zero attached hydrogens (tertiary/aromatic N) is 2. The van der Waals surface area contributed by atoms with E-state index in [-0.39, 0.29) is 5.91 Å². The topological polar surface area (TPSA) is 71.2 Å². The Morgan fingerprint density at radius 3 is 3.14 bits per heavy atom. The third-order valence-electron chi connectivity index (χ3n) is 2.24. The van der Waals surface area contributed by atoms with Gasteiger partial charge < -0.3 is 16.0 Å². The minimum atomic E-state index is -0.0862. The zero-order chi connectivity index (χ0) is 10.1. The molecule has 0 aromatic carbocycles. The molecule has 0 saturated heterocycles. The van der Waals surface area contributed by atoms with Crippen LogP contribution in [0.4, 0.5) is 11.6 Å². The van der Waals surface area contributed by atoms with Crippen LogP contribution >= 0.6 is 0 Å². The van der Waals surface area contributed by atoms with Gasteiger partial charge in [0.1, 0.15) is 11.6 Å². The van der Waals surface area contributed by atoms with Crippen molar-refractivity contribution >= 4 is 17.5 Å². The molecule has 14 heavy (non-hydrogen) atoms. The number of hydrogen-bond acceptors (Lipinski definition) is 4. The first kappa shape index (κ1) is 8.80. The molecule has 0 radical (unpaired) electrons. The van der Waals surface area contributed by atoms with Gasteiger partial charge in [-0.25, -0.2) is 4.98 Å². The fraction of sp³-hybridized carbons (Fsp3) is 0.333. The van der Waals surface area contributed by atoms with Crippen LogP contribution in [0, 0.1) is 0 Å². The van der Waals surface area contributed by atoms with Crippen LogP contribution in [0.3, 0.4) is 0 Å². The molecule has 1 aromatic rings. The molecule has 5 heteroatoms. The van der Waals surface area contributed by atoms with Gasteiger partial charge in [0, 0.05) is 20.1 Å². The maximum absolute atomic E-state index is 11.5. The standard InChI is InChI=1S/C9H12N4O/c1-13-5-4-11-9(14)6-2-3-7(10)12-8(6)13/h2-3H,4-5H2,1H3,(H2,10,12)(H,11,14). The summed E-state index contributed by atoms with van der Waals surface area (Å²) in [4.78, 5) is 17.6. The highest BCUT2D eigenvalue weighted by atomic mass is 16.1. The van der Waals surface area contributed by atoms with Crippen molar-refractivity contribution in [2.45, 2.75) is 0 Å². The number of nitrogen functional groups attached to an aromatic ring is 1. The van der Waals surface area contributed by atoms with Crippen LogP contribution in [0.15, 0.2) is 12.1 Å². The maximum Gasteiger partial charge on any atom is 0.255 e.